The minimum atomic E-state index is -4.40. The van der Waals surface area contributed by atoms with Crippen molar-refractivity contribution in [2.75, 3.05) is 12.4 Å². The van der Waals surface area contributed by atoms with E-state index in [-0.39, 0.29) is 24.9 Å². The maximum Gasteiger partial charge on any atom is 0.416 e. The van der Waals surface area contributed by atoms with Crippen LogP contribution in [0.15, 0.2) is 53.4 Å². The molecular formula is C20H19F3N4O3. The van der Waals surface area contributed by atoms with Gasteiger partial charge < -0.3 is 14.6 Å². The highest BCUT2D eigenvalue weighted by Gasteiger charge is 2.30. The number of aryl methyl sites for hydroxylation is 1. The second-order valence-electron chi connectivity index (χ2n) is 6.72. The lowest BCUT2D eigenvalue weighted by molar-refractivity contribution is -0.137. The van der Waals surface area contributed by atoms with Crippen LogP contribution in [0.3, 0.4) is 0 Å². The van der Waals surface area contributed by atoms with Gasteiger partial charge in [-0.15, -0.1) is 0 Å². The van der Waals surface area contributed by atoms with Crippen LogP contribution < -0.4 is 5.32 Å². The maximum absolute atomic E-state index is 12.6. The van der Waals surface area contributed by atoms with Gasteiger partial charge in [0.05, 0.1) is 29.3 Å². The summed E-state index contributed by atoms with van der Waals surface area (Å²) in [4.78, 5) is 25.9. The molecule has 7 nitrogen and oxygen atoms in total. The highest BCUT2D eigenvalue weighted by molar-refractivity contribution is 6.04. The zero-order chi connectivity index (χ0) is 21.9. The lowest BCUT2D eigenvalue weighted by Crippen LogP contribution is -2.30. The Hall–Kier alpha value is -3.56. The number of rotatable bonds is 6. The number of likely N-dealkylation sites (N-methyl/N-ethyl adjacent to an activating group) is 1. The molecule has 3 rings (SSSR count). The monoisotopic (exact) mass is 420 g/mol. The molecule has 3 aromatic rings. The Morgan fingerprint density at radius 3 is 2.50 bits per heavy atom. The molecule has 2 heterocycles. The average Bonchev–Trinajstić information content (AvgIpc) is 3.30. The number of hydrogen-bond donors (Lipinski definition) is 1. The summed E-state index contributed by atoms with van der Waals surface area (Å²) in [6.07, 6.45) is -0.0593. The molecule has 10 heteroatoms. The Kier molecular flexibility index (Phi) is 5.95. The van der Waals surface area contributed by atoms with E-state index in [1.807, 2.05) is 0 Å². The third-order valence-electron chi connectivity index (χ3n) is 4.42. The summed E-state index contributed by atoms with van der Waals surface area (Å²) in [6.45, 7) is 1.74. The van der Waals surface area contributed by atoms with Crippen LogP contribution in [0.2, 0.25) is 0 Å². The number of alkyl halides is 3. The normalized spacial score (nSPS) is 11.4. The first-order chi connectivity index (χ1) is 14.1. The zero-order valence-electron chi connectivity index (χ0n) is 16.2. The third-order valence-corrected chi connectivity index (χ3v) is 4.42. The molecule has 1 aromatic carbocycles. The molecule has 0 radical (unpaired) electrons. The number of amides is 2. The van der Waals surface area contributed by atoms with Crippen molar-refractivity contribution < 1.29 is 27.2 Å². The van der Waals surface area contributed by atoms with Gasteiger partial charge in [0.1, 0.15) is 12.3 Å². The molecule has 0 fully saturated rings. The van der Waals surface area contributed by atoms with Crippen LogP contribution in [-0.4, -0.2) is 33.5 Å². The highest BCUT2D eigenvalue weighted by atomic mass is 19.4. The van der Waals surface area contributed by atoms with Gasteiger partial charge in [-0.25, -0.2) is 0 Å². The van der Waals surface area contributed by atoms with E-state index >= 15 is 0 Å². The van der Waals surface area contributed by atoms with Crippen LogP contribution in [-0.2, 0) is 24.1 Å². The fraction of sp³-hybridized carbons (Fsp3) is 0.250. The highest BCUT2D eigenvalue weighted by Crippen LogP contribution is 2.29. The van der Waals surface area contributed by atoms with Gasteiger partial charge in [0.15, 0.2) is 0 Å². The average molecular weight is 420 g/mol. The van der Waals surface area contributed by atoms with Crippen molar-refractivity contribution in [2.45, 2.75) is 26.2 Å². The molecule has 1 N–H and O–H groups in total. The first-order valence-corrected chi connectivity index (χ1v) is 8.91. The van der Waals surface area contributed by atoms with E-state index in [1.165, 1.54) is 40.4 Å². The molecule has 0 aliphatic carbocycles. The number of carbonyl (C=O) groups is 2. The standard InChI is InChI=1S/C20H19F3N4O3/c1-13-17(7-8-30-13)19(29)25-16-9-24-27(11-16)12-18(28)26(2)10-14-3-5-15(6-4-14)20(21,22)23/h3-9,11H,10,12H2,1-2H3,(H,25,29). The summed E-state index contributed by atoms with van der Waals surface area (Å²) in [7, 11) is 1.55. The van der Waals surface area contributed by atoms with Crippen LogP contribution in [0.25, 0.3) is 0 Å². The van der Waals surface area contributed by atoms with E-state index < -0.39 is 11.7 Å². The first-order valence-electron chi connectivity index (χ1n) is 8.91. The topological polar surface area (TPSA) is 80.4 Å². The van der Waals surface area contributed by atoms with E-state index in [0.29, 0.717) is 22.6 Å². The van der Waals surface area contributed by atoms with Gasteiger partial charge in [0, 0.05) is 19.8 Å². The minimum absolute atomic E-state index is 0.0856. The molecule has 0 aliphatic heterocycles. The Labute approximate surface area is 170 Å². The summed E-state index contributed by atoms with van der Waals surface area (Å²) in [6, 6.07) is 6.20. The third kappa shape index (κ3) is 5.07. The van der Waals surface area contributed by atoms with Crippen molar-refractivity contribution in [1.29, 1.82) is 0 Å². The summed E-state index contributed by atoms with van der Waals surface area (Å²) >= 11 is 0. The second-order valence-corrected chi connectivity index (χ2v) is 6.72. The van der Waals surface area contributed by atoms with Crippen LogP contribution in [0.1, 0.15) is 27.2 Å². The largest absolute Gasteiger partial charge is 0.469 e. The van der Waals surface area contributed by atoms with Crippen molar-refractivity contribution in [3.05, 3.63) is 71.4 Å². The van der Waals surface area contributed by atoms with E-state index in [2.05, 4.69) is 10.4 Å². The van der Waals surface area contributed by atoms with E-state index in [4.69, 9.17) is 4.42 Å². The molecule has 2 amide bonds. The fourth-order valence-electron chi connectivity index (χ4n) is 2.75. The molecular weight excluding hydrogens is 401 g/mol. The molecule has 158 valence electrons. The molecule has 2 aromatic heterocycles. The van der Waals surface area contributed by atoms with Crippen molar-refractivity contribution in [3.8, 4) is 0 Å². The Balaban J connectivity index is 1.55. The number of aromatic nitrogens is 2. The molecule has 0 saturated carbocycles. The molecule has 0 atom stereocenters. The molecule has 0 spiro atoms. The first kappa shape index (κ1) is 21.2. The number of halogens is 3. The van der Waals surface area contributed by atoms with Gasteiger partial charge in [-0.3, -0.25) is 14.3 Å². The summed E-state index contributed by atoms with van der Waals surface area (Å²) < 4.78 is 44.3. The Morgan fingerprint density at radius 1 is 1.20 bits per heavy atom. The van der Waals surface area contributed by atoms with Crippen LogP contribution >= 0.6 is 0 Å². The maximum atomic E-state index is 12.6. The Morgan fingerprint density at radius 2 is 1.90 bits per heavy atom. The van der Waals surface area contributed by atoms with E-state index in [1.54, 1.807) is 20.0 Å². The fourth-order valence-corrected chi connectivity index (χ4v) is 2.75. The van der Waals surface area contributed by atoms with Crippen molar-refractivity contribution >= 4 is 17.5 Å². The predicted molar refractivity (Wildman–Crippen MR) is 102 cm³/mol. The van der Waals surface area contributed by atoms with Crippen molar-refractivity contribution in [2.24, 2.45) is 0 Å². The molecule has 0 aliphatic rings. The number of hydrogen-bond acceptors (Lipinski definition) is 4. The summed E-state index contributed by atoms with van der Waals surface area (Å²) in [5.41, 5.74) is 0.647. The number of anilines is 1. The minimum Gasteiger partial charge on any atom is -0.469 e. The Bertz CT molecular complexity index is 1040. The number of carbonyl (C=O) groups excluding carboxylic acids is 2. The van der Waals surface area contributed by atoms with Gasteiger partial charge in [-0.05, 0) is 30.7 Å². The number of nitrogens with one attached hydrogen (secondary N) is 1. The van der Waals surface area contributed by atoms with Gasteiger partial charge in [0.25, 0.3) is 5.91 Å². The lowest BCUT2D eigenvalue weighted by Gasteiger charge is -2.17. The molecule has 0 unspecified atom stereocenters. The van der Waals surface area contributed by atoms with Crippen LogP contribution in [0.4, 0.5) is 18.9 Å². The summed E-state index contributed by atoms with van der Waals surface area (Å²) in [5, 5.41) is 6.71. The van der Waals surface area contributed by atoms with Crippen molar-refractivity contribution in [3.63, 3.8) is 0 Å². The lowest BCUT2D eigenvalue weighted by atomic mass is 10.1. The number of nitrogens with zero attached hydrogens (tertiary/aromatic N) is 3. The SMILES string of the molecule is Cc1occc1C(=O)Nc1cnn(CC(=O)N(C)Cc2ccc(C(F)(F)F)cc2)c1. The van der Waals surface area contributed by atoms with Gasteiger partial charge in [-0.1, -0.05) is 12.1 Å². The molecule has 30 heavy (non-hydrogen) atoms. The van der Waals surface area contributed by atoms with E-state index in [9.17, 15) is 22.8 Å². The zero-order valence-corrected chi connectivity index (χ0v) is 16.2. The van der Waals surface area contributed by atoms with Crippen molar-refractivity contribution in [1.82, 2.24) is 14.7 Å². The van der Waals surface area contributed by atoms with Gasteiger partial charge in [-0.2, -0.15) is 18.3 Å². The van der Waals surface area contributed by atoms with Gasteiger partial charge >= 0.3 is 6.18 Å². The smallest absolute Gasteiger partial charge is 0.416 e. The summed E-state index contributed by atoms with van der Waals surface area (Å²) in [5.74, 6) is -0.159. The van der Waals surface area contributed by atoms with Crippen LogP contribution in [0, 0.1) is 6.92 Å². The van der Waals surface area contributed by atoms with Crippen LogP contribution in [0.5, 0.6) is 0 Å². The molecule has 0 saturated heterocycles. The molecule has 0 bridgehead atoms. The number of benzene rings is 1. The predicted octanol–water partition coefficient (Wildman–Crippen LogP) is 3.71. The second kappa shape index (κ2) is 8.44. The quantitative estimate of drug-likeness (QED) is 0.659. The van der Waals surface area contributed by atoms with E-state index in [0.717, 1.165) is 12.1 Å². The van der Waals surface area contributed by atoms with Gasteiger partial charge in [0.2, 0.25) is 5.91 Å². The number of furan rings is 1.